The minimum Gasteiger partial charge on any atom is -0.350 e. The molecule has 0 fully saturated rings. The number of hydrogen-bond acceptors (Lipinski definition) is 4. The van der Waals surface area contributed by atoms with Crippen LogP contribution in [0.3, 0.4) is 0 Å². The SMILES string of the molecule is C[C@@H](C(=O)NC(C)(C)C)N(Cc1ccc(Cl)cc1Cl)C(=O)CN(c1ccc(Br)cc1)S(=O)(=O)c1ccccc1. The maximum absolute atomic E-state index is 13.9. The van der Waals surface area contributed by atoms with E-state index >= 15 is 0 Å². The number of nitrogens with one attached hydrogen (secondary N) is 1. The van der Waals surface area contributed by atoms with E-state index in [-0.39, 0.29) is 17.3 Å². The van der Waals surface area contributed by atoms with Crippen molar-refractivity contribution in [3.8, 4) is 0 Å². The number of benzene rings is 3. The van der Waals surface area contributed by atoms with Crippen molar-refractivity contribution in [2.24, 2.45) is 0 Å². The molecule has 1 N–H and O–H groups in total. The molecular weight excluding hydrogens is 625 g/mol. The molecular formula is C28H30BrCl2N3O4S. The molecule has 3 aromatic rings. The molecule has 0 radical (unpaired) electrons. The average molecular weight is 655 g/mol. The van der Waals surface area contributed by atoms with E-state index in [9.17, 15) is 18.0 Å². The van der Waals surface area contributed by atoms with Crippen LogP contribution in [0.4, 0.5) is 5.69 Å². The molecule has 1 atom stereocenters. The smallest absolute Gasteiger partial charge is 0.264 e. The van der Waals surface area contributed by atoms with E-state index in [4.69, 9.17) is 23.2 Å². The Labute approximate surface area is 248 Å². The number of carbonyl (C=O) groups excluding carboxylic acids is 2. The predicted molar refractivity (Wildman–Crippen MR) is 159 cm³/mol. The zero-order valence-corrected chi connectivity index (χ0v) is 25.9. The average Bonchev–Trinajstić information content (AvgIpc) is 2.86. The van der Waals surface area contributed by atoms with Crippen LogP contribution in [0.2, 0.25) is 10.0 Å². The van der Waals surface area contributed by atoms with Gasteiger partial charge in [0.25, 0.3) is 10.0 Å². The topological polar surface area (TPSA) is 86.8 Å². The monoisotopic (exact) mass is 653 g/mol. The normalized spacial score (nSPS) is 12.5. The second-order valence-electron chi connectivity index (χ2n) is 9.97. The van der Waals surface area contributed by atoms with Crippen LogP contribution in [0.1, 0.15) is 33.3 Å². The summed E-state index contributed by atoms with van der Waals surface area (Å²) in [6, 6.07) is 18.4. The van der Waals surface area contributed by atoms with Gasteiger partial charge in [-0.1, -0.05) is 63.4 Å². The lowest BCUT2D eigenvalue weighted by Crippen LogP contribution is -2.54. The molecule has 0 bridgehead atoms. The molecule has 0 aliphatic rings. The zero-order chi connectivity index (χ0) is 29.0. The lowest BCUT2D eigenvalue weighted by Gasteiger charge is -2.33. The van der Waals surface area contributed by atoms with E-state index in [1.165, 1.54) is 17.0 Å². The van der Waals surface area contributed by atoms with Crippen LogP contribution >= 0.6 is 39.1 Å². The van der Waals surface area contributed by atoms with Crippen molar-refractivity contribution in [1.29, 1.82) is 0 Å². The minimum atomic E-state index is -4.13. The number of hydrogen-bond donors (Lipinski definition) is 1. The van der Waals surface area contributed by atoms with Gasteiger partial charge in [0.15, 0.2) is 0 Å². The number of halogens is 3. The molecule has 0 aromatic heterocycles. The van der Waals surface area contributed by atoms with Crippen LogP contribution in [-0.2, 0) is 26.2 Å². The van der Waals surface area contributed by atoms with Gasteiger partial charge < -0.3 is 10.2 Å². The molecule has 0 aliphatic carbocycles. The highest BCUT2D eigenvalue weighted by atomic mass is 79.9. The molecule has 208 valence electrons. The molecule has 0 saturated carbocycles. The van der Waals surface area contributed by atoms with Crippen LogP contribution in [0.25, 0.3) is 0 Å². The summed E-state index contributed by atoms with van der Waals surface area (Å²) in [6.45, 7) is 6.52. The van der Waals surface area contributed by atoms with Crippen LogP contribution in [0.15, 0.2) is 82.2 Å². The Morgan fingerprint density at radius 1 is 0.974 bits per heavy atom. The molecule has 7 nitrogen and oxygen atoms in total. The third kappa shape index (κ3) is 8.20. The highest BCUT2D eigenvalue weighted by Gasteiger charge is 2.33. The van der Waals surface area contributed by atoms with Gasteiger partial charge in [-0.05, 0) is 81.8 Å². The van der Waals surface area contributed by atoms with Gasteiger partial charge in [0, 0.05) is 26.6 Å². The summed E-state index contributed by atoms with van der Waals surface area (Å²) in [5.41, 5.74) is 0.315. The molecule has 0 spiro atoms. The fraction of sp³-hybridized carbons (Fsp3) is 0.286. The molecule has 0 unspecified atom stereocenters. The van der Waals surface area contributed by atoms with E-state index in [1.54, 1.807) is 67.6 Å². The van der Waals surface area contributed by atoms with Crippen molar-refractivity contribution in [3.63, 3.8) is 0 Å². The first-order chi connectivity index (χ1) is 18.2. The fourth-order valence-electron chi connectivity index (χ4n) is 3.75. The van der Waals surface area contributed by atoms with Crippen LogP contribution in [0, 0.1) is 0 Å². The molecule has 2 amide bonds. The first-order valence-corrected chi connectivity index (χ1v) is 15.1. The van der Waals surface area contributed by atoms with Crippen molar-refractivity contribution in [2.45, 2.75) is 50.7 Å². The van der Waals surface area contributed by atoms with Gasteiger partial charge in [0.2, 0.25) is 11.8 Å². The second-order valence-corrected chi connectivity index (χ2v) is 13.6. The predicted octanol–water partition coefficient (Wildman–Crippen LogP) is 6.28. The van der Waals surface area contributed by atoms with E-state index in [2.05, 4.69) is 21.2 Å². The Morgan fingerprint density at radius 2 is 1.59 bits per heavy atom. The van der Waals surface area contributed by atoms with Gasteiger partial charge in [-0.15, -0.1) is 0 Å². The third-order valence-electron chi connectivity index (χ3n) is 5.75. The van der Waals surface area contributed by atoms with Crippen LogP contribution in [-0.4, -0.2) is 43.3 Å². The Morgan fingerprint density at radius 3 is 2.15 bits per heavy atom. The van der Waals surface area contributed by atoms with Gasteiger partial charge in [-0.2, -0.15) is 0 Å². The number of carbonyl (C=O) groups is 2. The number of sulfonamides is 1. The van der Waals surface area contributed by atoms with Crippen LogP contribution < -0.4 is 9.62 Å². The van der Waals surface area contributed by atoms with Crippen molar-refractivity contribution in [3.05, 3.63) is 92.9 Å². The van der Waals surface area contributed by atoms with Crippen molar-refractivity contribution < 1.29 is 18.0 Å². The van der Waals surface area contributed by atoms with Gasteiger partial charge in [-0.3, -0.25) is 13.9 Å². The van der Waals surface area contributed by atoms with Gasteiger partial charge >= 0.3 is 0 Å². The number of anilines is 1. The summed E-state index contributed by atoms with van der Waals surface area (Å²) in [5.74, 6) is -0.970. The number of rotatable bonds is 9. The van der Waals surface area contributed by atoms with Crippen molar-refractivity contribution in [1.82, 2.24) is 10.2 Å². The summed E-state index contributed by atoms with van der Waals surface area (Å²) in [5, 5.41) is 3.64. The summed E-state index contributed by atoms with van der Waals surface area (Å²) in [7, 11) is -4.13. The first-order valence-electron chi connectivity index (χ1n) is 12.1. The van der Waals surface area contributed by atoms with Gasteiger partial charge in [0.05, 0.1) is 10.6 Å². The molecule has 3 rings (SSSR count). The van der Waals surface area contributed by atoms with Crippen molar-refractivity contribution >= 4 is 66.7 Å². The third-order valence-corrected chi connectivity index (χ3v) is 8.65. The number of amides is 2. The summed E-state index contributed by atoms with van der Waals surface area (Å²) in [4.78, 5) is 28.4. The van der Waals surface area contributed by atoms with E-state index < -0.39 is 34.1 Å². The summed E-state index contributed by atoms with van der Waals surface area (Å²) in [6.07, 6.45) is 0. The highest BCUT2D eigenvalue weighted by molar-refractivity contribution is 9.10. The Hall–Kier alpha value is -2.59. The zero-order valence-electron chi connectivity index (χ0n) is 22.0. The standard InChI is InChI=1S/C28H30BrCl2N3O4S/c1-19(27(36)32-28(2,3)4)33(17-20-10-13-22(30)16-25(20)31)26(35)18-34(23-14-11-21(29)12-15-23)39(37,38)24-8-6-5-7-9-24/h5-16,19H,17-18H2,1-4H3,(H,32,36)/t19-/m0/s1. The summed E-state index contributed by atoms with van der Waals surface area (Å²) >= 11 is 15.8. The molecule has 0 aliphatic heterocycles. The summed E-state index contributed by atoms with van der Waals surface area (Å²) < 4.78 is 29.3. The lowest BCUT2D eigenvalue weighted by molar-refractivity contribution is -0.140. The minimum absolute atomic E-state index is 0.0338. The molecule has 3 aromatic carbocycles. The van der Waals surface area contributed by atoms with Gasteiger partial charge in [0.1, 0.15) is 12.6 Å². The van der Waals surface area contributed by atoms with Crippen LogP contribution in [0.5, 0.6) is 0 Å². The maximum atomic E-state index is 13.9. The fourth-order valence-corrected chi connectivity index (χ4v) is 5.91. The largest absolute Gasteiger partial charge is 0.350 e. The number of nitrogens with zero attached hydrogens (tertiary/aromatic N) is 2. The molecule has 39 heavy (non-hydrogen) atoms. The first kappa shape index (κ1) is 30.9. The Balaban J connectivity index is 2.04. The van der Waals surface area contributed by atoms with E-state index in [1.807, 2.05) is 20.8 Å². The molecule has 0 saturated heterocycles. The second kappa shape index (κ2) is 12.7. The Bertz CT molecular complexity index is 1430. The molecule has 0 heterocycles. The van der Waals surface area contributed by atoms with E-state index in [0.29, 0.717) is 21.3 Å². The van der Waals surface area contributed by atoms with Gasteiger partial charge in [-0.25, -0.2) is 8.42 Å². The Kier molecular flexibility index (Phi) is 10.1. The molecule has 11 heteroatoms. The van der Waals surface area contributed by atoms with E-state index in [0.717, 1.165) is 8.78 Å². The van der Waals surface area contributed by atoms with Crippen molar-refractivity contribution in [2.75, 3.05) is 10.8 Å². The quantitative estimate of drug-likeness (QED) is 0.294. The highest BCUT2D eigenvalue weighted by Crippen LogP contribution is 2.27. The lowest BCUT2D eigenvalue weighted by atomic mass is 10.1. The maximum Gasteiger partial charge on any atom is 0.264 e.